The lowest BCUT2D eigenvalue weighted by molar-refractivity contribution is 0.0952. The van der Waals surface area contributed by atoms with E-state index in [0.717, 1.165) is 17.6 Å². The SMILES string of the molecule is Cc1ccc(C)n1CCNC(=O)c1ccc2nc[nH]c2c1. The molecule has 3 aromatic rings. The van der Waals surface area contributed by atoms with Gasteiger partial charge in [-0.05, 0) is 44.2 Å². The number of hydrogen-bond acceptors (Lipinski definition) is 2. The molecule has 0 saturated carbocycles. The first-order chi connectivity index (χ1) is 10.1. The fourth-order valence-electron chi connectivity index (χ4n) is 2.51. The largest absolute Gasteiger partial charge is 0.350 e. The van der Waals surface area contributed by atoms with E-state index in [-0.39, 0.29) is 5.91 Å². The predicted octanol–water partition coefficient (Wildman–Crippen LogP) is 2.41. The van der Waals surface area contributed by atoms with Crippen LogP contribution in [0.1, 0.15) is 21.7 Å². The van der Waals surface area contributed by atoms with E-state index in [1.807, 2.05) is 12.1 Å². The fraction of sp³-hybridized carbons (Fsp3) is 0.250. The number of fused-ring (bicyclic) bond motifs is 1. The average molecular weight is 282 g/mol. The summed E-state index contributed by atoms with van der Waals surface area (Å²) in [5.74, 6) is -0.0611. The Morgan fingerprint density at radius 3 is 2.76 bits per heavy atom. The number of aryl methyl sites for hydroxylation is 2. The van der Waals surface area contributed by atoms with Crippen LogP contribution in [0.3, 0.4) is 0 Å². The number of aromatic amines is 1. The van der Waals surface area contributed by atoms with E-state index < -0.39 is 0 Å². The highest BCUT2D eigenvalue weighted by molar-refractivity contribution is 5.97. The minimum Gasteiger partial charge on any atom is -0.350 e. The number of rotatable bonds is 4. The monoisotopic (exact) mass is 282 g/mol. The molecule has 0 radical (unpaired) electrons. The number of hydrogen-bond donors (Lipinski definition) is 2. The number of nitrogens with zero attached hydrogens (tertiary/aromatic N) is 2. The Labute approximate surface area is 123 Å². The van der Waals surface area contributed by atoms with Crippen LogP contribution >= 0.6 is 0 Å². The first-order valence-corrected chi connectivity index (χ1v) is 6.99. The predicted molar refractivity (Wildman–Crippen MR) is 82.3 cm³/mol. The number of H-pyrrole nitrogens is 1. The van der Waals surface area contributed by atoms with Crippen molar-refractivity contribution >= 4 is 16.9 Å². The second kappa shape index (κ2) is 5.44. The van der Waals surface area contributed by atoms with Gasteiger partial charge in [-0.15, -0.1) is 0 Å². The Morgan fingerprint density at radius 2 is 2.00 bits per heavy atom. The molecule has 108 valence electrons. The zero-order valence-corrected chi connectivity index (χ0v) is 12.2. The van der Waals surface area contributed by atoms with Crippen LogP contribution in [0, 0.1) is 13.8 Å². The second-order valence-electron chi connectivity index (χ2n) is 5.16. The van der Waals surface area contributed by atoms with Crippen molar-refractivity contribution in [3.63, 3.8) is 0 Å². The number of benzene rings is 1. The summed E-state index contributed by atoms with van der Waals surface area (Å²) in [7, 11) is 0. The molecule has 0 aliphatic carbocycles. The standard InChI is InChI=1S/C16H18N4O/c1-11-3-4-12(2)20(11)8-7-17-16(21)13-5-6-14-15(9-13)19-10-18-14/h3-6,9-10H,7-8H2,1-2H3,(H,17,21)(H,18,19). The molecule has 0 atom stereocenters. The minimum atomic E-state index is -0.0611. The summed E-state index contributed by atoms with van der Waals surface area (Å²) < 4.78 is 2.19. The van der Waals surface area contributed by atoms with Gasteiger partial charge in [0.05, 0.1) is 17.4 Å². The van der Waals surface area contributed by atoms with Gasteiger partial charge in [0.1, 0.15) is 0 Å². The molecule has 1 aromatic carbocycles. The summed E-state index contributed by atoms with van der Waals surface area (Å²) in [6.45, 7) is 5.53. The van der Waals surface area contributed by atoms with Crippen molar-refractivity contribution in [3.8, 4) is 0 Å². The highest BCUT2D eigenvalue weighted by atomic mass is 16.1. The zero-order chi connectivity index (χ0) is 14.8. The Kier molecular flexibility index (Phi) is 3.48. The van der Waals surface area contributed by atoms with Crippen molar-refractivity contribution < 1.29 is 4.79 Å². The normalized spacial score (nSPS) is 11.0. The molecule has 0 bridgehead atoms. The molecule has 2 aromatic heterocycles. The zero-order valence-electron chi connectivity index (χ0n) is 12.2. The summed E-state index contributed by atoms with van der Waals surface area (Å²) in [5.41, 5.74) is 4.80. The van der Waals surface area contributed by atoms with E-state index in [0.29, 0.717) is 12.1 Å². The van der Waals surface area contributed by atoms with Crippen LogP contribution in [-0.4, -0.2) is 27.0 Å². The van der Waals surface area contributed by atoms with Crippen LogP contribution in [0.25, 0.3) is 11.0 Å². The van der Waals surface area contributed by atoms with Crippen LogP contribution in [-0.2, 0) is 6.54 Å². The van der Waals surface area contributed by atoms with Crippen molar-refractivity contribution in [1.29, 1.82) is 0 Å². The lowest BCUT2D eigenvalue weighted by atomic mass is 10.2. The van der Waals surface area contributed by atoms with Gasteiger partial charge in [0.25, 0.3) is 5.91 Å². The summed E-state index contributed by atoms with van der Waals surface area (Å²) >= 11 is 0. The number of carbonyl (C=O) groups is 1. The number of carbonyl (C=O) groups excluding carboxylic acids is 1. The Hall–Kier alpha value is -2.56. The quantitative estimate of drug-likeness (QED) is 0.772. The van der Waals surface area contributed by atoms with Crippen LogP contribution in [0.4, 0.5) is 0 Å². The molecule has 2 heterocycles. The smallest absolute Gasteiger partial charge is 0.251 e. The van der Waals surface area contributed by atoms with Gasteiger partial charge in [-0.1, -0.05) is 0 Å². The van der Waals surface area contributed by atoms with E-state index >= 15 is 0 Å². The Balaban J connectivity index is 1.63. The molecule has 3 rings (SSSR count). The van der Waals surface area contributed by atoms with Crippen molar-refractivity contribution in [3.05, 3.63) is 53.6 Å². The molecule has 2 N–H and O–H groups in total. The third-order valence-electron chi connectivity index (χ3n) is 3.72. The molecule has 5 heteroatoms. The van der Waals surface area contributed by atoms with E-state index in [1.54, 1.807) is 12.4 Å². The third kappa shape index (κ3) is 2.67. The maximum Gasteiger partial charge on any atom is 0.251 e. The molecule has 0 saturated heterocycles. The number of aromatic nitrogens is 3. The molecule has 0 aliphatic heterocycles. The van der Waals surface area contributed by atoms with E-state index in [1.165, 1.54) is 11.4 Å². The topological polar surface area (TPSA) is 62.7 Å². The summed E-state index contributed by atoms with van der Waals surface area (Å²) in [6.07, 6.45) is 1.63. The molecule has 0 unspecified atom stereocenters. The molecule has 5 nitrogen and oxygen atoms in total. The van der Waals surface area contributed by atoms with Crippen LogP contribution in [0.2, 0.25) is 0 Å². The maximum atomic E-state index is 12.2. The molecular weight excluding hydrogens is 264 g/mol. The highest BCUT2D eigenvalue weighted by Crippen LogP contribution is 2.11. The Morgan fingerprint density at radius 1 is 1.24 bits per heavy atom. The molecule has 21 heavy (non-hydrogen) atoms. The summed E-state index contributed by atoms with van der Waals surface area (Å²) in [4.78, 5) is 19.3. The lowest BCUT2D eigenvalue weighted by Gasteiger charge is -2.10. The first-order valence-electron chi connectivity index (χ1n) is 6.99. The summed E-state index contributed by atoms with van der Waals surface area (Å²) in [5, 5.41) is 2.95. The lowest BCUT2D eigenvalue weighted by Crippen LogP contribution is -2.27. The molecule has 0 aliphatic rings. The van der Waals surface area contributed by atoms with Crippen molar-refractivity contribution in [2.45, 2.75) is 20.4 Å². The number of imidazole rings is 1. The molecule has 1 amide bonds. The first kappa shape index (κ1) is 13.4. The molecular formula is C16H18N4O. The number of amides is 1. The number of nitrogens with one attached hydrogen (secondary N) is 2. The van der Waals surface area contributed by atoms with Gasteiger partial charge in [0.15, 0.2) is 0 Å². The van der Waals surface area contributed by atoms with E-state index in [9.17, 15) is 4.79 Å². The van der Waals surface area contributed by atoms with Crippen molar-refractivity contribution in [1.82, 2.24) is 19.9 Å². The van der Waals surface area contributed by atoms with Gasteiger partial charge in [0.2, 0.25) is 0 Å². The van der Waals surface area contributed by atoms with Gasteiger partial charge in [-0.2, -0.15) is 0 Å². The van der Waals surface area contributed by atoms with Crippen molar-refractivity contribution in [2.75, 3.05) is 6.54 Å². The molecule has 0 spiro atoms. The highest BCUT2D eigenvalue weighted by Gasteiger charge is 2.07. The van der Waals surface area contributed by atoms with Gasteiger partial charge in [0, 0.05) is 30.0 Å². The van der Waals surface area contributed by atoms with Gasteiger partial charge >= 0.3 is 0 Å². The van der Waals surface area contributed by atoms with Crippen LogP contribution in [0.15, 0.2) is 36.7 Å². The van der Waals surface area contributed by atoms with Crippen molar-refractivity contribution in [2.24, 2.45) is 0 Å². The maximum absolute atomic E-state index is 12.2. The Bertz CT molecular complexity index is 765. The minimum absolute atomic E-state index is 0.0611. The summed E-state index contributed by atoms with van der Waals surface area (Å²) in [6, 6.07) is 9.64. The van der Waals surface area contributed by atoms with Crippen LogP contribution in [0.5, 0.6) is 0 Å². The van der Waals surface area contributed by atoms with E-state index in [2.05, 4.69) is 45.8 Å². The van der Waals surface area contributed by atoms with Gasteiger partial charge in [-0.25, -0.2) is 4.98 Å². The molecule has 0 fully saturated rings. The van der Waals surface area contributed by atoms with E-state index in [4.69, 9.17) is 0 Å². The average Bonchev–Trinajstić information content (AvgIpc) is 3.07. The van der Waals surface area contributed by atoms with Crippen LogP contribution < -0.4 is 5.32 Å². The van der Waals surface area contributed by atoms with Gasteiger partial charge in [-0.3, -0.25) is 4.79 Å². The fourth-order valence-corrected chi connectivity index (χ4v) is 2.51. The third-order valence-corrected chi connectivity index (χ3v) is 3.72. The van der Waals surface area contributed by atoms with Gasteiger partial charge < -0.3 is 14.9 Å². The second-order valence-corrected chi connectivity index (χ2v) is 5.16.